The molecule has 0 radical (unpaired) electrons. The zero-order chi connectivity index (χ0) is 19.4. The maximum absolute atomic E-state index is 13.0. The fourth-order valence-electron chi connectivity index (χ4n) is 3.13. The Hall–Kier alpha value is -2.63. The average Bonchev–Trinajstić information content (AvgIpc) is 2.92. The van der Waals surface area contributed by atoms with E-state index in [0.717, 1.165) is 16.0 Å². The third-order valence-corrected chi connectivity index (χ3v) is 4.68. The molecule has 26 heavy (non-hydrogen) atoms. The van der Waals surface area contributed by atoms with Crippen molar-refractivity contribution in [2.45, 2.75) is 52.9 Å². The Bertz CT molecular complexity index is 712. The van der Waals surface area contributed by atoms with E-state index in [-0.39, 0.29) is 0 Å². The number of esters is 1. The number of hydrogen-bond acceptors (Lipinski definition) is 5. The number of benzene rings is 1. The van der Waals surface area contributed by atoms with Crippen molar-refractivity contribution in [1.29, 1.82) is 0 Å². The molecule has 1 heterocycles. The lowest BCUT2D eigenvalue weighted by molar-refractivity contribution is -0.150. The highest BCUT2D eigenvalue weighted by atomic mass is 16.6. The number of ether oxygens (including phenoxy) is 2. The number of carbonyl (C=O) groups excluding carboxylic acids is 3. The first-order valence-electron chi connectivity index (χ1n) is 8.66. The quantitative estimate of drug-likeness (QED) is 0.593. The van der Waals surface area contributed by atoms with Crippen molar-refractivity contribution in [2.75, 3.05) is 0 Å². The third-order valence-electron chi connectivity index (χ3n) is 4.68. The van der Waals surface area contributed by atoms with E-state index in [1.807, 2.05) is 30.3 Å². The normalized spacial score (nSPS) is 22.6. The van der Waals surface area contributed by atoms with Crippen LogP contribution in [0, 0.1) is 5.92 Å². The number of rotatable bonds is 5. The Morgan fingerprint density at radius 3 is 2.38 bits per heavy atom. The van der Waals surface area contributed by atoms with E-state index in [0.29, 0.717) is 0 Å². The predicted octanol–water partition coefficient (Wildman–Crippen LogP) is 3.63. The lowest BCUT2D eigenvalue weighted by Crippen LogP contribution is -2.45. The first-order chi connectivity index (χ1) is 12.3. The summed E-state index contributed by atoms with van der Waals surface area (Å²) >= 11 is 0. The summed E-state index contributed by atoms with van der Waals surface area (Å²) in [6.45, 7) is 8.32. The number of imide groups is 1. The fraction of sp³-hybridized carbons (Fsp3) is 0.450. The second-order valence-electron chi connectivity index (χ2n) is 6.52. The van der Waals surface area contributed by atoms with Crippen molar-refractivity contribution < 1.29 is 23.9 Å². The number of amides is 2. The molecule has 4 atom stereocenters. The van der Waals surface area contributed by atoms with Gasteiger partial charge in [-0.15, -0.1) is 0 Å². The van der Waals surface area contributed by atoms with Gasteiger partial charge in [-0.3, -0.25) is 9.59 Å². The molecule has 140 valence electrons. The van der Waals surface area contributed by atoms with Gasteiger partial charge in [0, 0.05) is 6.92 Å². The van der Waals surface area contributed by atoms with Gasteiger partial charge in [0.2, 0.25) is 5.91 Å². The number of carbonyl (C=O) groups is 3. The summed E-state index contributed by atoms with van der Waals surface area (Å²) in [4.78, 5) is 37.9. The number of nitrogens with zero attached hydrogens (tertiary/aromatic N) is 1. The maximum atomic E-state index is 13.0. The highest BCUT2D eigenvalue weighted by Gasteiger charge is 2.46. The first-order valence-corrected chi connectivity index (χ1v) is 8.66. The van der Waals surface area contributed by atoms with Gasteiger partial charge in [-0.05, 0) is 38.8 Å². The van der Waals surface area contributed by atoms with Crippen LogP contribution in [-0.2, 0) is 19.1 Å². The van der Waals surface area contributed by atoms with Gasteiger partial charge in [0.15, 0.2) is 0 Å². The summed E-state index contributed by atoms with van der Waals surface area (Å²) in [6.07, 6.45) is -0.130. The van der Waals surface area contributed by atoms with Crippen LogP contribution < -0.4 is 0 Å². The molecular formula is C20H25NO5. The summed E-state index contributed by atoms with van der Waals surface area (Å²) in [5.41, 5.74) is 1.58. The van der Waals surface area contributed by atoms with E-state index in [9.17, 15) is 14.4 Å². The van der Waals surface area contributed by atoms with Gasteiger partial charge in [-0.1, -0.05) is 36.4 Å². The zero-order valence-corrected chi connectivity index (χ0v) is 15.8. The second kappa shape index (κ2) is 8.17. The molecule has 0 N–H and O–H groups in total. The fourth-order valence-corrected chi connectivity index (χ4v) is 3.13. The van der Waals surface area contributed by atoms with Crippen molar-refractivity contribution in [2.24, 2.45) is 5.92 Å². The topological polar surface area (TPSA) is 72.9 Å². The smallest absolute Gasteiger partial charge is 0.417 e. The standard InChI is InChI=1S/C20H25NO5/c1-6-12(2)17(25-15(5)22)13(3)19(23)21-14(4)18(26-20(21)24)16-10-8-7-9-11-16/h6-11,13-14,17-18H,1-5H3/b12-6+/t13-,14-,17+,18-/m1/s1. The summed E-state index contributed by atoms with van der Waals surface area (Å²) in [5, 5.41) is 0. The highest BCUT2D eigenvalue weighted by molar-refractivity contribution is 5.95. The molecule has 6 heteroatoms. The molecule has 0 aliphatic carbocycles. The van der Waals surface area contributed by atoms with E-state index < -0.39 is 42.1 Å². The van der Waals surface area contributed by atoms with Crippen molar-refractivity contribution in [3.05, 3.63) is 47.5 Å². The Morgan fingerprint density at radius 2 is 1.85 bits per heavy atom. The molecule has 0 bridgehead atoms. The Labute approximate surface area is 153 Å². The van der Waals surface area contributed by atoms with Crippen molar-refractivity contribution in [3.8, 4) is 0 Å². The Balaban J connectivity index is 2.24. The van der Waals surface area contributed by atoms with Gasteiger partial charge < -0.3 is 9.47 Å². The van der Waals surface area contributed by atoms with Gasteiger partial charge in [0.25, 0.3) is 0 Å². The second-order valence-corrected chi connectivity index (χ2v) is 6.52. The van der Waals surface area contributed by atoms with E-state index in [1.54, 1.807) is 33.8 Å². The molecular weight excluding hydrogens is 334 g/mol. The molecule has 6 nitrogen and oxygen atoms in total. The van der Waals surface area contributed by atoms with E-state index in [2.05, 4.69) is 0 Å². The van der Waals surface area contributed by atoms with E-state index in [4.69, 9.17) is 9.47 Å². The monoisotopic (exact) mass is 359 g/mol. The largest absolute Gasteiger partial charge is 0.457 e. The lowest BCUT2D eigenvalue weighted by Gasteiger charge is -2.28. The van der Waals surface area contributed by atoms with Crippen LogP contribution in [0.2, 0.25) is 0 Å². The van der Waals surface area contributed by atoms with Crippen molar-refractivity contribution in [3.63, 3.8) is 0 Å². The molecule has 2 rings (SSSR count). The van der Waals surface area contributed by atoms with Gasteiger partial charge in [0.05, 0.1) is 12.0 Å². The van der Waals surface area contributed by atoms with Crippen molar-refractivity contribution >= 4 is 18.0 Å². The van der Waals surface area contributed by atoms with Crippen LogP contribution in [0.3, 0.4) is 0 Å². The van der Waals surface area contributed by atoms with Crippen LogP contribution in [0.1, 0.15) is 46.3 Å². The van der Waals surface area contributed by atoms with Gasteiger partial charge in [-0.2, -0.15) is 0 Å². The third kappa shape index (κ3) is 3.95. The lowest BCUT2D eigenvalue weighted by atomic mass is 9.95. The molecule has 1 fully saturated rings. The van der Waals surface area contributed by atoms with Gasteiger partial charge in [0.1, 0.15) is 12.2 Å². The van der Waals surface area contributed by atoms with E-state index in [1.165, 1.54) is 6.92 Å². The zero-order valence-electron chi connectivity index (χ0n) is 15.8. The molecule has 2 amide bonds. The summed E-state index contributed by atoms with van der Waals surface area (Å²) in [7, 11) is 0. The molecule has 1 aliphatic rings. The number of cyclic esters (lactones) is 1. The predicted molar refractivity (Wildman–Crippen MR) is 96.1 cm³/mol. The van der Waals surface area contributed by atoms with Crippen LogP contribution in [0.25, 0.3) is 0 Å². The molecule has 1 aromatic carbocycles. The van der Waals surface area contributed by atoms with Gasteiger partial charge in [-0.25, -0.2) is 9.69 Å². The van der Waals surface area contributed by atoms with Crippen LogP contribution in [0.5, 0.6) is 0 Å². The van der Waals surface area contributed by atoms with Crippen molar-refractivity contribution in [1.82, 2.24) is 4.90 Å². The van der Waals surface area contributed by atoms with Crippen LogP contribution in [-0.4, -0.2) is 35.0 Å². The van der Waals surface area contributed by atoms with Crippen LogP contribution in [0.15, 0.2) is 42.0 Å². The Morgan fingerprint density at radius 1 is 1.23 bits per heavy atom. The number of allylic oxidation sites excluding steroid dienone is 1. The Kier molecular flexibility index (Phi) is 6.18. The van der Waals surface area contributed by atoms with E-state index >= 15 is 0 Å². The molecule has 1 aliphatic heterocycles. The SMILES string of the molecule is C/C=C(\C)[C@H](OC(C)=O)[C@@H](C)C(=O)N1C(=O)O[C@@H](c2ccccc2)[C@H]1C. The minimum atomic E-state index is -0.722. The maximum Gasteiger partial charge on any atom is 0.417 e. The molecule has 0 saturated carbocycles. The minimum Gasteiger partial charge on any atom is -0.457 e. The highest BCUT2D eigenvalue weighted by Crippen LogP contribution is 2.34. The number of hydrogen-bond donors (Lipinski definition) is 0. The summed E-state index contributed by atoms with van der Waals surface area (Å²) in [5.74, 6) is -1.61. The average molecular weight is 359 g/mol. The summed E-state index contributed by atoms with van der Waals surface area (Å²) in [6, 6.07) is 8.85. The van der Waals surface area contributed by atoms with Gasteiger partial charge >= 0.3 is 12.1 Å². The molecule has 0 aromatic heterocycles. The molecule has 1 aromatic rings. The molecule has 1 saturated heterocycles. The van der Waals surface area contributed by atoms with Crippen LogP contribution >= 0.6 is 0 Å². The van der Waals surface area contributed by atoms with Crippen LogP contribution in [0.4, 0.5) is 4.79 Å². The first kappa shape index (κ1) is 19.7. The molecule has 0 unspecified atom stereocenters. The molecule has 0 spiro atoms. The minimum absolute atomic E-state index is 0.423. The summed E-state index contributed by atoms with van der Waals surface area (Å²) < 4.78 is 10.8.